The SMILES string of the molecule is CCCCCCCCCCCCCCCCCCCCCC(=O)O[C@H](COC(=O)CCCCCCCCCCCCCCCCCCC)COP(=O)(O)OC[C@@H](O)COP(=O)(O)OC[C@@H](COC(=O)CCCCCCCCCCCC)OC(=O)CCCCCCCCCCCCCC. The predicted octanol–water partition coefficient (Wildman–Crippen LogP) is 23.8. The monoisotopic (exact) mass is 1440 g/mol. The summed E-state index contributed by atoms with van der Waals surface area (Å²) >= 11 is 0. The first kappa shape index (κ1) is 96.1. The fourth-order valence-corrected chi connectivity index (χ4v) is 13.9. The fraction of sp³-hybridized carbons (Fsp3) is 0.949. The molecule has 0 aliphatic rings. The van der Waals surface area contributed by atoms with Crippen LogP contribution in [0.25, 0.3) is 0 Å². The zero-order valence-electron chi connectivity index (χ0n) is 63.8. The van der Waals surface area contributed by atoms with Gasteiger partial charge in [-0.1, -0.05) is 374 Å². The van der Waals surface area contributed by atoms with Gasteiger partial charge in [0.2, 0.25) is 0 Å². The summed E-state index contributed by atoms with van der Waals surface area (Å²) in [6.07, 6.45) is 65.1. The molecule has 3 N–H and O–H groups in total. The number of phosphoric ester groups is 2. The lowest BCUT2D eigenvalue weighted by Gasteiger charge is -2.21. The number of ether oxygens (including phenoxy) is 4. The molecule has 0 bridgehead atoms. The van der Waals surface area contributed by atoms with E-state index in [9.17, 15) is 43.2 Å². The molecule has 0 fully saturated rings. The van der Waals surface area contributed by atoms with Crippen molar-refractivity contribution in [3.05, 3.63) is 0 Å². The molecule has 98 heavy (non-hydrogen) atoms. The van der Waals surface area contributed by atoms with E-state index < -0.39 is 97.5 Å². The van der Waals surface area contributed by atoms with Gasteiger partial charge in [-0.15, -0.1) is 0 Å². The van der Waals surface area contributed by atoms with Crippen molar-refractivity contribution >= 4 is 39.5 Å². The number of carbonyl (C=O) groups is 4. The molecule has 0 rings (SSSR count). The molecule has 0 amide bonds. The molecule has 0 aromatic rings. The van der Waals surface area contributed by atoms with E-state index in [0.717, 1.165) is 89.9 Å². The standard InChI is InChI=1S/C79H154O17P2/c1-5-9-13-17-21-25-29-32-34-36-37-39-41-43-46-50-54-58-62-66-79(84)96-75(70-90-77(82)64-60-56-52-48-45-42-40-38-35-33-30-26-22-18-14-10-6-2)72-94-98(87,88)92-68-73(80)67-91-97(85,86)93-71-74(69-89-76(81)63-59-55-51-47-28-24-20-16-12-8-4)95-78(83)65-61-57-53-49-44-31-27-23-19-15-11-7-3/h73-75,80H,5-72H2,1-4H3,(H,85,86)(H,87,88)/t73-,74+,75+/m0/s1. The van der Waals surface area contributed by atoms with Crippen LogP contribution in [0.1, 0.15) is 426 Å². The van der Waals surface area contributed by atoms with Crippen molar-refractivity contribution in [2.75, 3.05) is 39.6 Å². The number of hydrogen-bond donors (Lipinski definition) is 3. The first-order valence-corrected chi connectivity index (χ1v) is 44.3. The van der Waals surface area contributed by atoms with Gasteiger partial charge >= 0.3 is 39.5 Å². The van der Waals surface area contributed by atoms with Gasteiger partial charge in [0, 0.05) is 25.7 Å². The summed E-state index contributed by atoms with van der Waals surface area (Å²) in [6.45, 7) is 5.01. The maximum Gasteiger partial charge on any atom is 0.472 e. The Kier molecular flexibility index (Phi) is 71.9. The fourth-order valence-electron chi connectivity index (χ4n) is 12.3. The van der Waals surface area contributed by atoms with Crippen molar-refractivity contribution in [3.63, 3.8) is 0 Å². The van der Waals surface area contributed by atoms with Gasteiger partial charge in [-0.2, -0.15) is 0 Å². The van der Waals surface area contributed by atoms with Gasteiger partial charge < -0.3 is 33.8 Å². The van der Waals surface area contributed by atoms with Crippen molar-refractivity contribution in [2.45, 2.75) is 444 Å². The van der Waals surface area contributed by atoms with Crippen LogP contribution in [0.15, 0.2) is 0 Å². The Hall–Kier alpha value is -1.94. The Morgan fingerprint density at radius 3 is 0.602 bits per heavy atom. The van der Waals surface area contributed by atoms with Gasteiger partial charge in [0.05, 0.1) is 26.4 Å². The van der Waals surface area contributed by atoms with Crippen LogP contribution in [0.4, 0.5) is 0 Å². The highest BCUT2D eigenvalue weighted by atomic mass is 31.2. The van der Waals surface area contributed by atoms with Crippen LogP contribution in [0, 0.1) is 0 Å². The lowest BCUT2D eigenvalue weighted by Crippen LogP contribution is -2.30. The first-order valence-electron chi connectivity index (χ1n) is 41.3. The molecule has 0 aliphatic heterocycles. The van der Waals surface area contributed by atoms with E-state index in [0.29, 0.717) is 25.7 Å². The summed E-state index contributed by atoms with van der Waals surface area (Å²) < 4.78 is 68.6. The van der Waals surface area contributed by atoms with Crippen molar-refractivity contribution in [3.8, 4) is 0 Å². The second-order valence-corrected chi connectivity index (χ2v) is 31.4. The minimum absolute atomic E-state index is 0.108. The highest BCUT2D eigenvalue weighted by molar-refractivity contribution is 7.47. The number of esters is 4. The maximum atomic E-state index is 13.1. The highest BCUT2D eigenvalue weighted by Gasteiger charge is 2.30. The molecular formula is C79H154O17P2. The quantitative estimate of drug-likeness (QED) is 0.0222. The van der Waals surface area contributed by atoms with E-state index in [-0.39, 0.29) is 25.7 Å². The Morgan fingerprint density at radius 2 is 0.408 bits per heavy atom. The second-order valence-electron chi connectivity index (χ2n) is 28.5. The first-order chi connectivity index (χ1) is 47.7. The number of unbranched alkanes of at least 4 members (excludes halogenated alkanes) is 54. The Balaban J connectivity index is 5.22. The molecule has 0 spiro atoms. The number of carbonyl (C=O) groups excluding carboxylic acids is 4. The number of hydrogen-bond acceptors (Lipinski definition) is 15. The lowest BCUT2D eigenvalue weighted by molar-refractivity contribution is -0.161. The van der Waals surface area contributed by atoms with E-state index in [1.807, 2.05) is 0 Å². The average molecular weight is 1440 g/mol. The predicted molar refractivity (Wildman–Crippen MR) is 400 cm³/mol. The topological polar surface area (TPSA) is 237 Å². The molecule has 5 atom stereocenters. The molecule has 0 saturated carbocycles. The van der Waals surface area contributed by atoms with Crippen LogP contribution in [-0.2, 0) is 65.4 Å². The number of aliphatic hydroxyl groups is 1. The summed E-state index contributed by atoms with van der Waals surface area (Å²) in [4.78, 5) is 72.9. The number of rotatable bonds is 80. The van der Waals surface area contributed by atoms with Crippen molar-refractivity contribution in [2.24, 2.45) is 0 Å². The Labute approximate surface area is 600 Å². The van der Waals surface area contributed by atoms with Crippen molar-refractivity contribution < 1.29 is 80.2 Å². The zero-order valence-corrected chi connectivity index (χ0v) is 65.6. The zero-order chi connectivity index (χ0) is 71.8. The van der Waals surface area contributed by atoms with Crippen LogP contribution in [-0.4, -0.2) is 96.7 Å². The van der Waals surface area contributed by atoms with Crippen molar-refractivity contribution in [1.82, 2.24) is 0 Å². The third-order valence-electron chi connectivity index (χ3n) is 18.6. The van der Waals surface area contributed by atoms with Crippen molar-refractivity contribution in [1.29, 1.82) is 0 Å². The van der Waals surface area contributed by atoms with Gasteiger partial charge in [0.15, 0.2) is 12.2 Å². The molecule has 0 aromatic heterocycles. The van der Waals surface area contributed by atoms with Gasteiger partial charge in [0.1, 0.15) is 19.3 Å². The van der Waals surface area contributed by atoms with E-state index >= 15 is 0 Å². The van der Waals surface area contributed by atoms with E-state index in [2.05, 4.69) is 27.7 Å². The van der Waals surface area contributed by atoms with Crippen LogP contribution in [0.5, 0.6) is 0 Å². The molecule has 0 aromatic carbocycles. The normalized spacial score (nSPS) is 13.8. The Bertz CT molecular complexity index is 1860. The van der Waals surface area contributed by atoms with Crippen LogP contribution in [0.2, 0.25) is 0 Å². The largest absolute Gasteiger partial charge is 0.472 e. The number of aliphatic hydroxyl groups excluding tert-OH is 1. The minimum atomic E-state index is -4.96. The third kappa shape index (κ3) is 72.4. The second kappa shape index (κ2) is 73.4. The van der Waals surface area contributed by atoms with E-state index in [1.54, 1.807) is 0 Å². The summed E-state index contributed by atoms with van der Waals surface area (Å²) in [5.41, 5.74) is 0. The van der Waals surface area contributed by atoms with Crippen LogP contribution < -0.4 is 0 Å². The summed E-state index contributed by atoms with van der Waals surface area (Å²) in [5.74, 6) is -2.11. The molecule has 0 heterocycles. The molecule has 582 valence electrons. The summed E-state index contributed by atoms with van der Waals surface area (Å²) in [5, 5.41) is 10.6. The average Bonchev–Trinajstić information content (AvgIpc) is 1.20. The van der Waals surface area contributed by atoms with Gasteiger partial charge in [-0.3, -0.25) is 37.3 Å². The summed E-state index contributed by atoms with van der Waals surface area (Å²) in [7, 11) is -9.91. The number of phosphoric acid groups is 2. The van der Waals surface area contributed by atoms with Gasteiger partial charge in [0.25, 0.3) is 0 Å². The molecule has 0 radical (unpaired) electrons. The summed E-state index contributed by atoms with van der Waals surface area (Å²) in [6, 6.07) is 0. The van der Waals surface area contributed by atoms with Crippen LogP contribution >= 0.6 is 15.6 Å². The third-order valence-corrected chi connectivity index (χ3v) is 20.5. The molecule has 17 nitrogen and oxygen atoms in total. The molecule has 0 aliphatic carbocycles. The Morgan fingerprint density at radius 1 is 0.245 bits per heavy atom. The highest BCUT2D eigenvalue weighted by Crippen LogP contribution is 2.45. The van der Waals surface area contributed by atoms with Gasteiger partial charge in [-0.25, -0.2) is 9.13 Å². The lowest BCUT2D eigenvalue weighted by atomic mass is 10.0. The van der Waals surface area contributed by atoms with E-state index in [1.165, 1.54) is 257 Å². The van der Waals surface area contributed by atoms with Gasteiger partial charge in [-0.05, 0) is 25.7 Å². The van der Waals surface area contributed by atoms with E-state index in [4.69, 9.17) is 37.0 Å². The molecule has 2 unspecified atom stereocenters. The molecule has 19 heteroatoms. The minimum Gasteiger partial charge on any atom is -0.462 e. The molecule has 0 saturated heterocycles. The maximum absolute atomic E-state index is 13.1. The van der Waals surface area contributed by atoms with Crippen LogP contribution in [0.3, 0.4) is 0 Å². The molecular weight excluding hydrogens is 1280 g/mol. The smallest absolute Gasteiger partial charge is 0.462 e.